The van der Waals surface area contributed by atoms with Gasteiger partial charge < -0.3 is 10.1 Å². The van der Waals surface area contributed by atoms with Crippen molar-refractivity contribution in [2.24, 2.45) is 0 Å². The summed E-state index contributed by atoms with van der Waals surface area (Å²) in [6.45, 7) is 10.4. The predicted molar refractivity (Wildman–Crippen MR) is 66.6 cm³/mol. The molecule has 100 valence electrons. The fourth-order valence-electron chi connectivity index (χ4n) is 1.59. The number of hydrogen-bond acceptors (Lipinski definition) is 4. The zero-order valence-electron chi connectivity index (χ0n) is 11.4. The Kier molecular flexibility index (Phi) is 7.54. The minimum Gasteiger partial charge on any atom is -0.465 e. The van der Waals surface area contributed by atoms with Crippen LogP contribution in [-0.2, 0) is 14.3 Å². The van der Waals surface area contributed by atoms with E-state index in [2.05, 4.69) is 5.32 Å². The molecule has 1 N–H and O–H groups in total. The van der Waals surface area contributed by atoms with Crippen LogP contribution in [-0.4, -0.2) is 48.6 Å². The van der Waals surface area contributed by atoms with Crippen LogP contribution < -0.4 is 5.32 Å². The molecule has 0 bridgehead atoms. The third kappa shape index (κ3) is 5.68. The first-order chi connectivity index (χ1) is 7.93. The van der Waals surface area contributed by atoms with Gasteiger partial charge >= 0.3 is 5.97 Å². The van der Waals surface area contributed by atoms with Gasteiger partial charge in [-0.1, -0.05) is 0 Å². The second kappa shape index (κ2) is 8.06. The lowest BCUT2D eigenvalue weighted by Gasteiger charge is -2.30. The molecule has 0 aromatic rings. The topological polar surface area (TPSA) is 58.6 Å². The van der Waals surface area contributed by atoms with Crippen LogP contribution in [0.5, 0.6) is 0 Å². The van der Waals surface area contributed by atoms with Crippen molar-refractivity contribution in [1.29, 1.82) is 0 Å². The Hall–Kier alpha value is -1.10. The first kappa shape index (κ1) is 15.9. The summed E-state index contributed by atoms with van der Waals surface area (Å²) in [5, 5.41) is 2.75. The molecule has 5 heteroatoms. The van der Waals surface area contributed by atoms with Crippen LogP contribution in [0.2, 0.25) is 0 Å². The van der Waals surface area contributed by atoms with E-state index >= 15 is 0 Å². The number of likely N-dealkylation sites (N-methyl/N-ethyl adjacent to an activating group) is 1. The molecule has 0 aromatic carbocycles. The number of ether oxygens (including phenoxy) is 1. The molecule has 0 aliphatic heterocycles. The van der Waals surface area contributed by atoms with E-state index in [1.54, 1.807) is 13.8 Å². The highest BCUT2D eigenvalue weighted by molar-refractivity contribution is 5.82. The minimum absolute atomic E-state index is 0.0644. The van der Waals surface area contributed by atoms with Crippen LogP contribution in [0, 0.1) is 0 Å². The Morgan fingerprint density at radius 3 is 2.24 bits per heavy atom. The average Bonchev–Trinajstić information content (AvgIpc) is 2.25. The van der Waals surface area contributed by atoms with Crippen LogP contribution >= 0.6 is 0 Å². The molecular weight excluding hydrogens is 220 g/mol. The van der Waals surface area contributed by atoms with Crippen molar-refractivity contribution in [3.8, 4) is 0 Å². The summed E-state index contributed by atoms with van der Waals surface area (Å²) in [7, 11) is 0. The quantitative estimate of drug-likeness (QED) is 0.673. The monoisotopic (exact) mass is 244 g/mol. The lowest BCUT2D eigenvalue weighted by atomic mass is 10.2. The van der Waals surface area contributed by atoms with Crippen LogP contribution in [0.15, 0.2) is 0 Å². The molecular formula is C12H24N2O3. The third-order valence-corrected chi connectivity index (χ3v) is 2.51. The van der Waals surface area contributed by atoms with Gasteiger partial charge in [0.25, 0.3) is 0 Å². The van der Waals surface area contributed by atoms with Gasteiger partial charge in [0.1, 0.15) is 0 Å². The Bertz CT molecular complexity index is 254. The van der Waals surface area contributed by atoms with Crippen molar-refractivity contribution in [3.05, 3.63) is 0 Å². The van der Waals surface area contributed by atoms with E-state index in [9.17, 15) is 9.59 Å². The smallest absolute Gasteiger partial charge is 0.320 e. The summed E-state index contributed by atoms with van der Waals surface area (Å²) in [6, 6.07) is -0.226. The van der Waals surface area contributed by atoms with Crippen molar-refractivity contribution >= 4 is 11.9 Å². The van der Waals surface area contributed by atoms with Gasteiger partial charge in [-0.15, -0.1) is 0 Å². The number of amides is 1. The van der Waals surface area contributed by atoms with E-state index in [-0.39, 0.29) is 30.5 Å². The molecule has 0 heterocycles. The van der Waals surface area contributed by atoms with Gasteiger partial charge in [-0.25, -0.2) is 0 Å². The number of carbonyl (C=O) groups is 2. The molecule has 1 unspecified atom stereocenters. The summed E-state index contributed by atoms with van der Waals surface area (Å²) < 4.78 is 4.90. The summed E-state index contributed by atoms with van der Waals surface area (Å²) in [5.41, 5.74) is 0. The standard InChI is InChI=1S/C12H24N2O3/c1-6-13-12(16)10(5)14(9(3)4)8-11(15)17-7-2/h9-10H,6-8H2,1-5H3,(H,13,16). The molecule has 17 heavy (non-hydrogen) atoms. The lowest BCUT2D eigenvalue weighted by Crippen LogP contribution is -2.50. The summed E-state index contributed by atoms with van der Waals surface area (Å²) in [5.74, 6) is -0.358. The second-order valence-electron chi connectivity index (χ2n) is 4.14. The van der Waals surface area contributed by atoms with Crippen LogP contribution in [0.25, 0.3) is 0 Å². The van der Waals surface area contributed by atoms with Gasteiger partial charge in [0.2, 0.25) is 5.91 Å². The molecule has 5 nitrogen and oxygen atoms in total. The maximum Gasteiger partial charge on any atom is 0.320 e. The highest BCUT2D eigenvalue weighted by Crippen LogP contribution is 2.06. The van der Waals surface area contributed by atoms with Crippen LogP contribution in [0.1, 0.15) is 34.6 Å². The van der Waals surface area contributed by atoms with Crippen molar-refractivity contribution in [2.45, 2.75) is 46.7 Å². The van der Waals surface area contributed by atoms with Gasteiger partial charge in [0.15, 0.2) is 0 Å². The van der Waals surface area contributed by atoms with Crippen LogP contribution in [0.4, 0.5) is 0 Å². The molecule has 0 saturated heterocycles. The average molecular weight is 244 g/mol. The highest BCUT2D eigenvalue weighted by Gasteiger charge is 2.25. The first-order valence-corrected chi connectivity index (χ1v) is 6.13. The molecule has 0 radical (unpaired) electrons. The Morgan fingerprint density at radius 2 is 1.82 bits per heavy atom. The normalized spacial score (nSPS) is 12.6. The van der Waals surface area contributed by atoms with E-state index in [1.807, 2.05) is 25.7 Å². The molecule has 0 aliphatic carbocycles. The number of hydrogen-bond donors (Lipinski definition) is 1. The third-order valence-electron chi connectivity index (χ3n) is 2.51. The maximum atomic E-state index is 11.7. The number of esters is 1. The van der Waals surface area contributed by atoms with E-state index in [0.717, 1.165) is 0 Å². The second-order valence-corrected chi connectivity index (χ2v) is 4.14. The van der Waals surface area contributed by atoms with Crippen molar-refractivity contribution in [3.63, 3.8) is 0 Å². The minimum atomic E-state index is -0.334. The SMILES string of the molecule is CCNC(=O)C(C)N(CC(=O)OCC)C(C)C. The Morgan fingerprint density at radius 1 is 1.24 bits per heavy atom. The summed E-state index contributed by atoms with van der Waals surface area (Å²) in [4.78, 5) is 25.0. The van der Waals surface area contributed by atoms with Gasteiger partial charge in [-0.3, -0.25) is 14.5 Å². The van der Waals surface area contributed by atoms with E-state index in [1.165, 1.54) is 0 Å². The molecule has 0 aromatic heterocycles. The number of nitrogens with one attached hydrogen (secondary N) is 1. The van der Waals surface area contributed by atoms with Crippen molar-refractivity contribution in [1.82, 2.24) is 10.2 Å². The molecule has 1 amide bonds. The van der Waals surface area contributed by atoms with Gasteiger partial charge in [-0.2, -0.15) is 0 Å². The fourth-order valence-corrected chi connectivity index (χ4v) is 1.59. The molecule has 0 fully saturated rings. The molecule has 0 saturated carbocycles. The summed E-state index contributed by atoms with van der Waals surface area (Å²) >= 11 is 0. The maximum absolute atomic E-state index is 11.7. The Labute approximate surface area is 103 Å². The van der Waals surface area contributed by atoms with Crippen LogP contribution in [0.3, 0.4) is 0 Å². The molecule has 0 spiro atoms. The van der Waals surface area contributed by atoms with Gasteiger partial charge in [-0.05, 0) is 34.6 Å². The van der Waals surface area contributed by atoms with Crippen molar-refractivity contribution in [2.75, 3.05) is 19.7 Å². The fraction of sp³-hybridized carbons (Fsp3) is 0.833. The molecule has 0 aliphatic rings. The zero-order chi connectivity index (χ0) is 13.4. The van der Waals surface area contributed by atoms with Gasteiger partial charge in [0.05, 0.1) is 19.2 Å². The van der Waals surface area contributed by atoms with E-state index in [0.29, 0.717) is 13.2 Å². The molecule has 0 rings (SSSR count). The number of rotatable bonds is 7. The van der Waals surface area contributed by atoms with Crippen molar-refractivity contribution < 1.29 is 14.3 Å². The largest absolute Gasteiger partial charge is 0.465 e. The number of nitrogens with zero attached hydrogens (tertiary/aromatic N) is 1. The zero-order valence-corrected chi connectivity index (χ0v) is 11.4. The predicted octanol–water partition coefficient (Wildman–Crippen LogP) is 0.785. The number of carbonyl (C=O) groups excluding carboxylic acids is 2. The molecule has 1 atom stereocenters. The lowest BCUT2D eigenvalue weighted by molar-refractivity contribution is -0.146. The van der Waals surface area contributed by atoms with E-state index < -0.39 is 0 Å². The highest BCUT2D eigenvalue weighted by atomic mass is 16.5. The van der Waals surface area contributed by atoms with Gasteiger partial charge in [0, 0.05) is 12.6 Å². The van der Waals surface area contributed by atoms with E-state index in [4.69, 9.17) is 4.74 Å². The first-order valence-electron chi connectivity index (χ1n) is 6.13. The Balaban J connectivity index is 4.51. The summed E-state index contributed by atoms with van der Waals surface area (Å²) in [6.07, 6.45) is 0.